The molecule has 6 nitrogen and oxygen atoms in total. The average Bonchev–Trinajstić information content (AvgIpc) is 3.11. The summed E-state index contributed by atoms with van der Waals surface area (Å²) in [6.07, 6.45) is -3.04. The number of imide groups is 1. The molecule has 190 valence electrons. The van der Waals surface area contributed by atoms with E-state index in [2.05, 4.69) is 5.32 Å². The molecule has 1 fully saturated rings. The Morgan fingerprint density at radius 2 is 1.73 bits per heavy atom. The van der Waals surface area contributed by atoms with Gasteiger partial charge in [0, 0.05) is 5.69 Å². The predicted octanol–water partition coefficient (Wildman–Crippen LogP) is 6.27. The number of aryl methyl sites for hydroxylation is 1. The quantitative estimate of drug-likeness (QED) is 0.368. The van der Waals surface area contributed by atoms with Crippen molar-refractivity contribution in [3.05, 3.63) is 100.0 Å². The molecule has 0 aliphatic carbocycles. The highest BCUT2D eigenvalue weighted by molar-refractivity contribution is 8.18. The summed E-state index contributed by atoms with van der Waals surface area (Å²) in [4.78, 5) is 38.2. The first-order valence-corrected chi connectivity index (χ1v) is 11.9. The molecule has 37 heavy (non-hydrogen) atoms. The van der Waals surface area contributed by atoms with Crippen molar-refractivity contribution in [1.82, 2.24) is 4.90 Å². The molecule has 3 amide bonds. The normalized spacial score (nSPS) is 14.8. The Morgan fingerprint density at radius 3 is 2.41 bits per heavy atom. The Labute approximate surface area is 215 Å². The zero-order valence-corrected chi connectivity index (χ0v) is 20.4. The summed E-state index contributed by atoms with van der Waals surface area (Å²) in [5.74, 6) is -0.816. The van der Waals surface area contributed by atoms with Crippen molar-refractivity contribution in [2.24, 2.45) is 0 Å². The molecule has 1 aliphatic heterocycles. The van der Waals surface area contributed by atoms with Crippen molar-refractivity contribution in [3.8, 4) is 5.75 Å². The number of anilines is 1. The smallest absolute Gasteiger partial charge is 0.416 e. The van der Waals surface area contributed by atoms with Gasteiger partial charge in [-0.15, -0.1) is 0 Å². The fourth-order valence-electron chi connectivity index (χ4n) is 3.42. The van der Waals surface area contributed by atoms with Crippen LogP contribution in [-0.2, 0) is 22.4 Å². The lowest BCUT2D eigenvalue weighted by molar-refractivity contribution is -0.137. The zero-order chi connectivity index (χ0) is 26.6. The van der Waals surface area contributed by atoms with Crippen molar-refractivity contribution in [2.75, 3.05) is 11.9 Å². The van der Waals surface area contributed by atoms with Gasteiger partial charge < -0.3 is 10.1 Å². The lowest BCUT2D eigenvalue weighted by Crippen LogP contribution is -2.36. The third kappa shape index (κ3) is 6.79. The Balaban J connectivity index is 1.35. The topological polar surface area (TPSA) is 75.7 Å². The van der Waals surface area contributed by atoms with Gasteiger partial charge in [0.25, 0.3) is 11.1 Å². The van der Waals surface area contributed by atoms with Gasteiger partial charge in [0.05, 0.1) is 10.5 Å². The number of alkyl halides is 3. The van der Waals surface area contributed by atoms with Crippen molar-refractivity contribution >= 4 is 40.6 Å². The average molecular weight is 527 g/mol. The highest BCUT2D eigenvalue weighted by Gasteiger charge is 2.36. The molecule has 0 aromatic heterocycles. The molecule has 1 aliphatic rings. The molecule has 0 saturated carbocycles. The van der Waals surface area contributed by atoms with Gasteiger partial charge >= 0.3 is 6.18 Å². The molecular formula is C27H21F3N2O4S. The number of carbonyl (C=O) groups excluding carboxylic acids is 3. The molecular weight excluding hydrogens is 505 g/mol. The monoisotopic (exact) mass is 526 g/mol. The minimum atomic E-state index is -4.57. The van der Waals surface area contributed by atoms with Gasteiger partial charge in [0.15, 0.2) is 0 Å². The second-order valence-electron chi connectivity index (χ2n) is 8.24. The van der Waals surface area contributed by atoms with Crippen LogP contribution in [0.5, 0.6) is 5.75 Å². The van der Waals surface area contributed by atoms with Crippen molar-refractivity contribution in [1.29, 1.82) is 0 Å². The number of rotatable bonds is 7. The molecule has 10 heteroatoms. The van der Waals surface area contributed by atoms with Gasteiger partial charge in [0.2, 0.25) is 5.91 Å². The lowest BCUT2D eigenvalue weighted by Gasteiger charge is -2.13. The fraction of sp³-hybridized carbons (Fsp3) is 0.148. The Kier molecular flexibility index (Phi) is 7.68. The highest BCUT2D eigenvalue weighted by Crippen LogP contribution is 2.33. The van der Waals surface area contributed by atoms with Gasteiger partial charge in [-0.25, -0.2) is 0 Å². The number of hydrogen-bond acceptors (Lipinski definition) is 5. The van der Waals surface area contributed by atoms with Crippen molar-refractivity contribution in [3.63, 3.8) is 0 Å². The second kappa shape index (κ2) is 10.9. The maximum atomic E-state index is 12.9. The van der Waals surface area contributed by atoms with Crippen molar-refractivity contribution in [2.45, 2.75) is 19.7 Å². The Bertz CT molecular complexity index is 1350. The molecule has 1 saturated heterocycles. The summed E-state index contributed by atoms with van der Waals surface area (Å²) in [5, 5.41) is 1.65. The van der Waals surface area contributed by atoms with Crippen LogP contribution >= 0.6 is 11.8 Å². The summed E-state index contributed by atoms with van der Waals surface area (Å²) in [6, 6.07) is 19.0. The second-order valence-corrected chi connectivity index (χ2v) is 9.23. The number of nitrogens with one attached hydrogen (secondary N) is 1. The first-order valence-electron chi connectivity index (χ1n) is 11.1. The summed E-state index contributed by atoms with van der Waals surface area (Å²) in [6.45, 7) is 1.79. The molecule has 0 spiro atoms. The third-order valence-corrected chi connectivity index (χ3v) is 6.26. The van der Waals surface area contributed by atoms with E-state index in [-0.39, 0.29) is 10.6 Å². The van der Waals surface area contributed by atoms with Crippen LogP contribution in [0.3, 0.4) is 0 Å². The SMILES string of the molecule is Cc1ccc(COc2ccc(/C=C3\SC(=O)N(CC(=O)Nc4cccc(C(F)(F)F)c4)C3=O)cc2)cc1. The molecule has 0 radical (unpaired) electrons. The predicted molar refractivity (Wildman–Crippen MR) is 135 cm³/mol. The lowest BCUT2D eigenvalue weighted by atomic mass is 10.1. The van der Waals surface area contributed by atoms with E-state index in [1.165, 1.54) is 12.1 Å². The largest absolute Gasteiger partial charge is 0.489 e. The number of ether oxygens (including phenoxy) is 1. The molecule has 4 rings (SSSR count). The number of amides is 3. The van der Waals surface area contributed by atoms with E-state index in [0.29, 0.717) is 29.7 Å². The van der Waals surface area contributed by atoms with E-state index >= 15 is 0 Å². The van der Waals surface area contributed by atoms with Crippen LogP contribution in [0.4, 0.5) is 23.7 Å². The van der Waals surface area contributed by atoms with Crippen LogP contribution in [0.25, 0.3) is 6.08 Å². The van der Waals surface area contributed by atoms with Gasteiger partial charge in [-0.3, -0.25) is 19.3 Å². The van der Waals surface area contributed by atoms with Crippen LogP contribution < -0.4 is 10.1 Å². The minimum Gasteiger partial charge on any atom is -0.489 e. The van der Waals surface area contributed by atoms with E-state index in [9.17, 15) is 27.6 Å². The molecule has 0 unspecified atom stereocenters. The van der Waals surface area contributed by atoms with E-state index in [1.54, 1.807) is 24.3 Å². The number of benzene rings is 3. The van der Waals surface area contributed by atoms with Crippen LogP contribution in [0.2, 0.25) is 0 Å². The van der Waals surface area contributed by atoms with Crippen LogP contribution in [0, 0.1) is 6.92 Å². The number of nitrogens with zero attached hydrogens (tertiary/aromatic N) is 1. The number of thioether (sulfide) groups is 1. The summed E-state index contributed by atoms with van der Waals surface area (Å²) in [5.41, 5.74) is 1.83. The maximum absolute atomic E-state index is 12.9. The molecule has 3 aromatic rings. The molecule has 1 N–H and O–H groups in total. The Morgan fingerprint density at radius 1 is 1.03 bits per heavy atom. The number of hydrogen-bond donors (Lipinski definition) is 1. The summed E-state index contributed by atoms with van der Waals surface area (Å²) < 4.78 is 44.4. The van der Waals surface area contributed by atoms with Crippen LogP contribution in [0.1, 0.15) is 22.3 Å². The van der Waals surface area contributed by atoms with E-state index in [4.69, 9.17) is 4.74 Å². The van der Waals surface area contributed by atoms with Crippen molar-refractivity contribution < 1.29 is 32.3 Å². The minimum absolute atomic E-state index is 0.0907. The molecule has 0 atom stereocenters. The summed E-state index contributed by atoms with van der Waals surface area (Å²) in [7, 11) is 0. The summed E-state index contributed by atoms with van der Waals surface area (Å²) >= 11 is 0.682. The van der Waals surface area contributed by atoms with Crippen LogP contribution in [0.15, 0.2) is 77.7 Å². The molecule has 1 heterocycles. The van der Waals surface area contributed by atoms with E-state index < -0.39 is 35.3 Å². The van der Waals surface area contributed by atoms with Gasteiger partial charge in [-0.2, -0.15) is 13.2 Å². The zero-order valence-electron chi connectivity index (χ0n) is 19.5. The first kappa shape index (κ1) is 26.0. The standard InChI is InChI=1S/C27H21F3N2O4S/c1-17-5-7-19(8-6-17)16-36-22-11-9-18(10-12-22)13-23-25(34)32(26(35)37-23)15-24(33)31-21-4-2-3-20(14-21)27(28,29)30/h2-14H,15-16H2,1H3,(H,31,33)/b23-13-. The highest BCUT2D eigenvalue weighted by atomic mass is 32.2. The number of halogens is 3. The van der Waals surface area contributed by atoms with Gasteiger partial charge in [-0.05, 0) is 66.2 Å². The molecule has 3 aromatic carbocycles. The van der Waals surface area contributed by atoms with E-state index in [0.717, 1.165) is 34.2 Å². The fourth-order valence-corrected chi connectivity index (χ4v) is 4.25. The Hall–Kier alpha value is -4.05. The van der Waals surface area contributed by atoms with E-state index in [1.807, 2.05) is 31.2 Å². The van der Waals surface area contributed by atoms with Gasteiger partial charge in [-0.1, -0.05) is 48.0 Å². The molecule has 0 bridgehead atoms. The number of carbonyl (C=O) groups is 3. The van der Waals surface area contributed by atoms with Crippen LogP contribution in [-0.4, -0.2) is 28.5 Å². The third-order valence-electron chi connectivity index (χ3n) is 5.35. The first-order chi connectivity index (χ1) is 17.6. The maximum Gasteiger partial charge on any atom is 0.416 e. The van der Waals surface area contributed by atoms with Gasteiger partial charge in [0.1, 0.15) is 18.9 Å².